The monoisotopic (exact) mass is 296 g/mol. The Bertz CT molecular complexity index is 532. The molecule has 2 N–H and O–H groups in total. The normalized spacial score (nSPS) is 13.5. The van der Waals surface area contributed by atoms with Crippen molar-refractivity contribution in [3.8, 4) is 5.75 Å². The molecule has 116 valence electrons. The van der Waals surface area contributed by atoms with Crippen molar-refractivity contribution in [1.82, 2.24) is 5.32 Å². The van der Waals surface area contributed by atoms with Gasteiger partial charge in [0.05, 0.1) is 17.6 Å². The SMILES string of the molecule is CCNC(C)(CCOc1cc([N+](=O)[O-])ccc1C)C(=O)O. The third-order valence-corrected chi connectivity index (χ3v) is 3.28. The molecule has 1 unspecified atom stereocenters. The fraction of sp³-hybridized carbons (Fsp3) is 0.500. The van der Waals surface area contributed by atoms with Gasteiger partial charge in [0.15, 0.2) is 0 Å². The molecule has 0 bridgehead atoms. The molecule has 0 aliphatic heterocycles. The highest BCUT2D eigenvalue weighted by Gasteiger charge is 2.31. The summed E-state index contributed by atoms with van der Waals surface area (Å²) in [6.45, 7) is 5.87. The Morgan fingerprint density at radius 3 is 2.71 bits per heavy atom. The van der Waals surface area contributed by atoms with E-state index in [-0.39, 0.29) is 18.7 Å². The lowest BCUT2D eigenvalue weighted by Crippen LogP contribution is -2.50. The van der Waals surface area contributed by atoms with Crippen molar-refractivity contribution in [2.24, 2.45) is 0 Å². The van der Waals surface area contributed by atoms with Crippen molar-refractivity contribution in [2.45, 2.75) is 32.7 Å². The molecule has 0 aliphatic rings. The van der Waals surface area contributed by atoms with Gasteiger partial charge in [-0.25, -0.2) is 0 Å². The maximum atomic E-state index is 11.3. The Hall–Kier alpha value is -2.15. The average molecular weight is 296 g/mol. The summed E-state index contributed by atoms with van der Waals surface area (Å²) in [5.41, 5.74) is -0.368. The lowest BCUT2D eigenvalue weighted by molar-refractivity contribution is -0.384. The zero-order chi connectivity index (χ0) is 16.0. The number of hydrogen-bond acceptors (Lipinski definition) is 5. The Balaban J connectivity index is 2.73. The summed E-state index contributed by atoms with van der Waals surface area (Å²) >= 11 is 0. The van der Waals surface area contributed by atoms with Gasteiger partial charge in [0.25, 0.3) is 5.69 Å². The second-order valence-electron chi connectivity index (χ2n) is 4.97. The molecule has 0 saturated heterocycles. The quantitative estimate of drug-likeness (QED) is 0.563. The van der Waals surface area contributed by atoms with Crippen LogP contribution < -0.4 is 10.1 Å². The van der Waals surface area contributed by atoms with Gasteiger partial charge in [-0.05, 0) is 32.0 Å². The van der Waals surface area contributed by atoms with Crippen LogP contribution in [0.3, 0.4) is 0 Å². The van der Waals surface area contributed by atoms with Crippen LogP contribution in [-0.4, -0.2) is 34.7 Å². The fourth-order valence-electron chi connectivity index (χ4n) is 1.88. The predicted octanol–water partition coefficient (Wildman–Crippen LogP) is 2.12. The topological polar surface area (TPSA) is 102 Å². The molecular weight excluding hydrogens is 276 g/mol. The van der Waals surface area contributed by atoms with Gasteiger partial charge in [0.2, 0.25) is 0 Å². The van der Waals surface area contributed by atoms with Gasteiger partial charge in [-0.15, -0.1) is 0 Å². The summed E-state index contributed by atoms with van der Waals surface area (Å²) in [4.78, 5) is 21.5. The lowest BCUT2D eigenvalue weighted by Gasteiger charge is -2.25. The van der Waals surface area contributed by atoms with E-state index in [9.17, 15) is 20.0 Å². The van der Waals surface area contributed by atoms with E-state index >= 15 is 0 Å². The van der Waals surface area contributed by atoms with E-state index in [1.54, 1.807) is 19.9 Å². The second-order valence-corrected chi connectivity index (χ2v) is 4.97. The molecule has 0 heterocycles. The molecule has 0 aliphatic carbocycles. The zero-order valence-corrected chi connectivity index (χ0v) is 12.4. The highest BCUT2D eigenvalue weighted by atomic mass is 16.6. The number of rotatable bonds is 8. The number of carboxylic acids is 1. The van der Waals surface area contributed by atoms with Crippen molar-refractivity contribution in [1.29, 1.82) is 0 Å². The molecule has 0 saturated carbocycles. The van der Waals surface area contributed by atoms with Crippen LogP contribution in [0.1, 0.15) is 25.8 Å². The summed E-state index contributed by atoms with van der Waals surface area (Å²) in [5, 5.41) is 22.9. The maximum Gasteiger partial charge on any atom is 0.323 e. The Kier molecular flexibility index (Phi) is 5.66. The molecule has 7 heteroatoms. The van der Waals surface area contributed by atoms with E-state index in [2.05, 4.69) is 5.32 Å². The Labute approximate surface area is 123 Å². The van der Waals surface area contributed by atoms with Crippen molar-refractivity contribution in [3.05, 3.63) is 33.9 Å². The number of hydrogen-bond donors (Lipinski definition) is 2. The van der Waals surface area contributed by atoms with E-state index in [0.717, 1.165) is 5.56 Å². The molecule has 0 radical (unpaired) electrons. The summed E-state index contributed by atoms with van der Waals surface area (Å²) < 4.78 is 5.51. The van der Waals surface area contributed by atoms with Crippen molar-refractivity contribution in [2.75, 3.05) is 13.2 Å². The van der Waals surface area contributed by atoms with Crippen LogP contribution in [0.4, 0.5) is 5.69 Å². The summed E-state index contributed by atoms with van der Waals surface area (Å²) in [5.74, 6) is -0.558. The van der Waals surface area contributed by atoms with Crippen molar-refractivity contribution < 1.29 is 19.6 Å². The van der Waals surface area contributed by atoms with Gasteiger partial charge in [-0.1, -0.05) is 6.92 Å². The number of carboxylic acid groups (broad SMARTS) is 1. The first kappa shape index (κ1) is 16.9. The number of nitro groups is 1. The molecule has 0 fully saturated rings. The lowest BCUT2D eigenvalue weighted by atomic mass is 9.98. The Morgan fingerprint density at radius 2 is 2.19 bits per heavy atom. The molecule has 1 aromatic rings. The van der Waals surface area contributed by atoms with Crippen molar-refractivity contribution >= 4 is 11.7 Å². The number of likely N-dealkylation sites (N-methyl/N-ethyl adjacent to an activating group) is 1. The number of aliphatic carboxylic acids is 1. The van der Waals surface area contributed by atoms with Crippen LogP contribution in [0.15, 0.2) is 18.2 Å². The van der Waals surface area contributed by atoms with Gasteiger partial charge >= 0.3 is 5.97 Å². The third-order valence-electron chi connectivity index (χ3n) is 3.28. The van der Waals surface area contributed by atoms with Gasteiger partial charge in [-0.2, -0.15) is 0 Å². The van der Waals surface area contributed by atoms with E-state index in [4.69, 9.17) is 4.74 Å². The van der Waals surface area contributed by atoms with Gasteiger partial charge in [-0.3, -0.25) is 14.9 Å². The van der Waals surface area contributed by atoms with Crippen LogP contribution in [0.5, 0.6) is 5.75 Å². The second kappa shape index (κ2) is 7.03. The van der Waals surface area contributed by atoms with E-state index in [1.807, 2.05) is 6.92 Å². The molecule has 21 heavy (non-hydrogen) atoms. The number of nitrogens with one attached hydrogen (secondary N) is 1. The fourth-order valence-corrected chi connectivity index (χ4v) is 1.88. The number of nitrogens with zero attached hydrogens (tertiary/aromatic N) is 1. The van der Waals surface area contributed by atoms with Crippen LogP contribution in [0.2, 0.25) is 0 Å². The van der Waals surface area contributed by atoms with Crippen LogP contribution in [-0.2, 0) is 4.79 Å². The van der Waals surface area contributed by atoms with Crippen LogP contribution >= 0.6 is 0 Å². The smallest absolute Gasteiger partial charge is 0.323 e. The molecule has 0 spiro atoms. The molecule has 1 aromatic carbocycles. The Morgan fingerprint density at radius 1 is 1.52 bits per heavy atom. The molecule has 0 amide bonds. The predicted molar refractivity (Wildman–Crippen MR) is 77.7 cm³/mol. The molecule has 1 atom stereocenters. The standard InChI is InChI=1S/C14H20N2O5/c1-4-15-14(3,13(17)18)7-8-21-12-9-11(16(19)20)6-5-10(12)2/h5-6,9,15H,4,7-8H2,1-3H3,(H,17,18). The summed E-state index contributed by atoms with van der Waals surface area (Å²) in [6.07, 6.45) is 0.248. The molecule has 7 nitrogen and oxygen atoms in total. The number of aryl methyl sites for hydroxylation is 1. The molecule has 0 aromatic heterocycles. The minimum absolute atomic E-state index is 0.0525. The minimum Gasteiger partial charge on any atom is -0.493 e. The number of nitro benzene ring substituents is 1. The highest BCUT2D eigenvalue weighted by molar-refractivity contribution is 5.78. The molecule has 1 rings (SSSR count). The van der Waals surface area contributed by atoms with Gasteiger partial charge in [0, 0.05) is 12.5 Å². The van der Waals surface area contributed by atoms with Crippen LogP contribution in [0.25, 0.3) is 0 Å². The van der Waals surface area contributed by atoms with E-state index in [1.165, 1.54) is 12.1 Å². The number of benzene rings is 1. The first-order chi connectivity index (χ1) is 9.80. The first-order valence-corrected chi connectivity index (χ1v) is 6.66. The first-order valence-electron chi connectivity index (χ1n) is 6.66. The number of ether oxygens (including phenoxy) is 1. The van der Waals surface area contributed by atoms with Gasteiger partial charge in [0.1, 0.15) is 11.3 Å². The van der Waals surface area contributed by atoms with Crippen molar-refractivity contribution in [3.63, 3.8) is 0 Å². The maximum absolute atomic E-state index is 11.3. The number of non-ortho nitro benzene ring substituents is 1. The molecular formula is C14H20N2O5. The highest BCUT2D eigenvalue weighted by Crippen LogP contribution is 2.24. The largest absolute Gasteiger partial charge is 0.493 e. The summed E-state index contributed by atoms with van der Waals surface area (Å²) in [6, 6.07) is 4.36. The number of carbonyl (C=O) groups is 1. The minimum atomic E-state index is -1.08. The van der Waals surface area contributed by atoms with Crippen LogP contribution in [0, 0.1) is 17.0 Å². The average Bonchev–Trinajstić information content (AvgIpc) is 2.40. The van der Waals surface area contributed by atoms with E-state index < -0.39 is 16.4 Å². The zero-order valence-electron chi connectivity index (χ0n) is 12.4. The third kappa shape index (κ3) is 4.42. The summed E-state index contributed by atoms with van der Waals surface area (Å²) in [7, 11) is 0. The van der Waals surface area contributed by atoms with E-state index in [0.29, 0.717) is 12.3 Å². The van der Waals surface area contributed by atoms with Gasteiger partial charge < -0.3 is 15.2 Å².